The molecule has 1 N–H and O–H groups in total. The maximum atomic E-state index is 12.5. The number of amides is 2. The standard InChI is InChI=1S/C22H29N3O3/c1-17-6-4-5-7-19(17)23-22(26)25-14-12-24(13-15-25)11-10-18-8-9-20(27-2)21(16-18)28-3/h4-9,16H,10-15H2,1-3H3,(H,23,26). The topological polar surface area (TPSA) is 54.0 Å². The minimum atomic E-state index is -0.0196. The third-order valence-electron chi connectivity index (χ3n) is 5.21. The highest BCUT2D eigenvalue weighted by Crippen LogP contribution is 2.27. The summed E-state index contributed by atoms with van der Waals surface area (Å²) in [6, 6.07) is 13.9. The Balaban J connectivity index is 1.46. The molecule has 0 aliphatic carbocycles. The summed E-state index contributed by atoms with van der Waals surface area (Å²) < 4.78 is 10.7. The zero-order valence-electron chi connectivity index (χ0n) is 16.9. The number of carbonyl (C=O) groups is 1. The van der Waals surface area contributed by atoms with Crippen LogP contribution in [0.2, 0.25) is 0 Å². The van der Waals surface area contributed by atoms with Crippen LogP contribution in [0.15, 0.2) is 42.5 Å². The van der Waals surface area contributed by atoms with Crippen molar-refractivity contribution in [3.63, 3.8) is 0 Å². The average Bonchev–Trinajstić information content (AvgIpc) is 2.74. The van der Waals surface area contributed by atoms with Crippen LogP contribution in [0.1, 0.15) is 11.1 Å². The first-order valence-corrected chi connectivity index (χ1v) is 9.65. The summed E-state index contributed by atoms with van der Waals surface area (Å²) in [4.78, 5) is 16.8. The van der Waals surface area contributed by atoms with Gasteiger partial charge in [-0.2, -0.15) is 0 Å². The molecule has 3 rings (SSSR count). The third-order valence-corrected chi connectivity index (χ3v) is 5.21. The van der Waals surface area contributed by atoms with Crippen molar-refractivity contribution in [3.05, 3.63) is 53.6 Å². The number of nitrogens with zero attached hydrogens (tertiary/aromatic N) is 2. The lowest BCUT2D eigenvalue weighted by molar-refractivity contribution is 0.148. The quantitative estimate of drug-likeness (QED) is 0.831. The Morgan fingerprint density at radius 1 is 1.00 bits per heavy atom. The van der Waals surface area contributed by atoms with E-state index in [0.29, 0.717) is 0 Å². The Morgan fingerprint density at radius 2 is 1.71 bits per heavy atom. The second-order valence-corrected chi connectivity index (χ2v) is 7.01. The average molecular weight is 383 g/mol. The summed E-state index contributed by atoms with van der Waals surface area (Å²) in [7, 11) is 3.30. The molecule has 2 aromatic rings. The van der Waals surface area contributed by atoms with Crippen LogP contribution in [0.25, 0.3) is 0 Å². The number of hydrogen-bond acceptors (Lipinski definition) is 4. The Labute approximate surface area is 167 Å². The van der Waals surface area contributed by atoms with Gasteiger partial charge in [0.05, 0.1) is 14.2 Å². The van der Waals surface area contributed by atoms with Crippen molar-refractivity contribution in [2.45, 2.75) is 13.3 Å². The van der Waals surface area contributed by atoms with Gasteiger partial charge in [0.2, 0.25) is 0 Å². The van der Waals surface area contributed by atoms with Crippen molar-refractivity contribution >= 4 is 11.7 Å². The Kier molecular flexibility index (Phi) is 6.76. The molecule has 0 spiro atoms. The first-order valence-electron chi connectivity index (χ1n) is 9.65. The smallest absolute Gasteiger partial charge is 0.321 e. The zero-order valence-corrected chi connectivity index (χ0v) is 16.9. The molecule has 0 bridgehead atoms. The lowest BCUT2D eigenvalue weighted by Crippen LogP contribution is -2.50. The van der Waals surface area contributed by atoms with Gasteiger partial charge >= 0.3 is 6.03 Å². The molecule has 28 heavy (non-hydrogen) atoms. The molecule has 1 aliphatic heterocycles. The van der Waals surface area contributed by atoms with E-state index in [4.69, 9.17) is 9.47 Å². The molecule has 150 valence electrons. The summed E-state index contributed by atoms with van der Waals surface area (Å²) in [5, 5.41) is 3.02. The van der Waals surface area contributed by atoms with Gasteiger partial charge in [0.15, 0.2) is 11.5 Å². The van der Waals surface area contributed by atoms with Gasteiger partial charge in [-0.15, -0.1) is 0 Å². The first kappa shape index (κ1) is 20.0. The molecule has 2 aromatic carbocycles. The van der Waals surface area contributed by atoms with E-state index in [0.717, 1.165) is 61.9 Å². The van der Waals surface area contributed by atoms with Gasteiger partial charge in [-0.3, -0.25) is 4.90 Å². The van der Waals surface area contributed by atoms with Crippen LogP contribution in [0, 0.1) is 6.92 Å². The summed E-state index contributed by atoms with van der Waals surface area (Å²) in [6.45, 7) is 6.21. The van der Waals surface area contributed by atoms with Crippen molar-refractivity contribution < 1.29 is 14.3 Å². The van der Waals surface area contributed by atoms with Gasteiger partial charge < -0.3 is 19.7 Å². The fourth-order valence-corrected chi connectivity index (χ4v) is 3.41. The van der Waals surface area contributed by atoms with Crippen molar-refractivity contribution in [1.82, 2.24) is 9.80 Å². The Morgan fingerprint density at radius 3 is 2.39 bits per heavy atom. The molecule has 0 unspecified atom stereocenters. The van der Waals surface area contributed by atoms with E-state index in [1.54, 1.807) is 14.2 Å². The van der Waals surface area contributed by atoms with Gasteiger partial charge in [-0.25, -0.2) is 4.79 Å². The number of methoxy groups -OCH3 is 2. The first-order chi connectivity index (χ1) is 13.6. The van der Waals surface area contributed by atoms with E-state index in [9.17, 15) is 4.79 Å². The second kappa shape index (κ2) is 9.46. The minimum absolute atomic E-state index is 0.0196. The van der Waals surface area contributed by atoms with E-state index in [2.05, 4.69) is 16.3 Å². The number of benzene rings is 2. The minimum Gasteiger partial charge on any atom is -0.493 e. The molecule has 6 heteroatoms. The molecule has 1 fully saturated rings. The molecule has 1 heterocycles. The molecular weight excluding hydrogens is 354 g/mol. The predicted molar refractivity (Wildman–Crippen MR) is 111 cm³/mol. The van der Waals surface area contributed by atoms with Crippen molar-refractivity contribution in [1.29, 1.82) is 0 Å². The summed E-state index contributed by atoms with van der Waals surface area (Å²) >= 11 is 0. The van der Waals surface area contributed by atoms with E-state index in [1.807, 2.05) is 48.2 Å². The molecule has 0 atom stereocenters. The normalized spacial score (nSPS) is 14.6. The van der Waals surface area contributed by atoms with Crippen molar-refractivity contribution in [2.75, 3.05) is 52.3 Å². The Bertz CT molecular complexity index is 801. The lowest BCUT2D eigenvalue weighted by atomic mass is 10.1. The van der Waals surface area contributed by atoms with Crippen LogP contribution in [0.5, 0.6) is 11.5 Å². The number of carbonyl (C=O) groups excluding carboxylic acids is 1. The van der Waals surface area contributed by atoms with Crippen LogP contribution in [0.3, 0.4) is 0 Å². The van der Waals surface area contributed by atoms with Crippen LogP contribution >= 0.6 is 0 Å². The molecule has 1 aliphatic rings. The highest BCUT2D eigenvalue weighted by Gasteiger charge is 2.21. The maximum absolute atomic E-state index is 12.5. The van der Waals surface area contributed by atoms with Crippen LogP contribution in [0.4, 0.5) is 10.5 Å². The number of para-hydroxylation sites is 1. The second-order valence-electron chi connectivity index (χ2n) is 7.01. The van der Waals surface area contributed by atoms with E-state index in [1.165, 1.54) is 5.56 Å². The maximum Gasteiger partial charge on any atom is 0.321 e. The number of hydrogen-bond donors (Lipinski definition) is 1. The number of nitrogens with one attached hydrogen (secondary N) is 1. The summed E-state index contributed by atoms with van der Waals surface area (Å²) in [5.41, 5.74) is 3.17. The lowest BCUT2D eigenvalue weighted by Gasteiger charge is -2.34. The summed E-state index contributed by atoms with van der Waals surface area (Å²) in [5.74, 6) is 1.51. The number of aryl methyl sites for hydroxylation is 1. The largest absolute Gasteiger partial charge is 0.493 e. The van der Waals surface area contributed by atoms with Crippen LogP contribution < -0.4 is 14.8 Å². The van der Waals surface area contributed by atoms with E-state index in [-0.39, 0.29) is 6.03 Å². The fraction of sp³-hybridized carbons (Fsp3) is 0.409. The number of urea groups is 1. The number of rotatable bonds is 6. The van der Waals surface area contributed by atoms with Gasteiger partial charge in [-0.05, 0) is 42.7 Å². The van der Waals surface area contributed by atoms with Crippen molar-refractivity contribution in [3.8, 4) is 11.5 Å². The SMILES string of the molecule is COc1ccc(CCN2CCN(C(=O)Nc3ccccc3C)CC2)cc1OC. The van der Waals surface area contributed by atoms with E-state index < -0.39 is 0 Å². The molecule has 1 saturated heterocycles. The molecule has 0 radical (unpaired) electrons. The van der Waals surface area contributed by atoms with Crippen LogP contribution in [-0.4, -0.2) is 62.8 Å². The molecule has 6 nitrogen and oxygen atoms in total. The zero-order chi connectivity index (χ0) is 19.9. The summed E-state index contributed by atoms with van der Waals surface area (Å²) in [6.07, 6.45) is 0.940. The predicted octanol–water partition coefficient (Wildman–Crippen LogP) is 3.40. The van der Waals surface area contributed by atoms with Gasteiger partial charge in [-0.1, -0.05) is 24.3 Å². The molecule has 0 saturated carbocycles. The highest BCUT2D eigenvalue weighted by molar-refractivity contribution is 5.90. The van der Waals surface area contributed by atoms with Gasteiger partial charge in [0.25, 0.3) is 0 Å². The fourth-order valence-electron chi connectivity index (χ4n) is 3.41. The van der Waals surface area contributed by atoms with Crippen LogP contribution in [-0.2, 0) is 6.42 Å². The van der Waals surface area contributed by atoms with E-state index >= 15 is 0 Å². The van der Waals surface area contributed by atoms with Crippen molar-refractivity contribution in [2.24, 2.45) is 0 Å². The molecule has 0 aromatic heterocycles. The number of anilines is 1. The van der Waals surface area contributed by atoms with Gasteiger partial charge in [0, 0.05) is 38.4 Å². The number of piperazine rings is 1. The monoisotopic (exact) mass is 383 g/mol. The number of ether oxygens (including phenoxy) is 2. The molecular formula is C22H29N3O3. The third kappa shape index (κ3) is 4.95. The van der Waals surface area contributed by atoms with Gasteiger partial charge in [0.1, 0.15) is 0 Å². The Hall–Kier alpha value is -2.73. The highest BCUT2D eigenvalue weighted by atomic mass is 16.5. The molecule has 2 amide bonds.